The molecule has 0 aromatic carbocycles. The molecule has 1 fully saturated rings. The number of carbonyl (C=O) groups excluding carboxylic acids is 3. The van der Waals surface area contributed by atoms with Crippen molar-refractivity contribution in [2.75, 3.05) is 13.1 Å². The van der Waals surface area contributed by atoms with E-state index in [-0.39, 0.29) is 24.3 Å². The summed E-state index contributed by atoms with van der Waals surface area (Å²) in [4.78, 5) is 38.9. The highest BCUT2D eigenvalue weighted by Crippen LogP contribution is 2.29. The third kappa shape index (κ3) is 6.35. The number of nitrogens with one attached hydrogen (secondary N) is 2. The number of nitrogens with zero attached hydrogens (tertiary/aromatic N) is 1. The number of hydrogen-bond donors (Lipinski definition) is 2. The number of hydrogen-bond acceptors (Lipinski definition) is 4. The van der Waals surface area contributed by atoms with Gasteiger partial charge in [-0.2, -0.15) is 0 Å². The normalized spacial score (nSPS) is 23.8. The molecule has 0 spiro atoms. The fourth-order valence-corrected chi connectivity index (χ4v) is 2.98. The number of ether oxygens (including phenoxy) is 1. The number of piperidine rings is 1. The van der Waals surface area contributed by atoms with Crippen LogP contribution in [0.4, 0.5) is 4.79 Å². The van der Waals surface area contributed by atoms with E-state index in [0.717, 1.165) is 0 Å². The van der Waals surface area contributed by atoms with Gasteiger partial charge >= 0.3 is 6.09 Å². The van der Waals surface area contributed by atoms with Gasteiger partial charge in [-0.3, -0.25) is 9.59 Å². The lowest BCUT2D eigenvalue weighted by molar-refractivity contribution is -0.137. The number of amides is 3. The van der Waals surface area contributed by atoms with E-state index in [2.05, 4.69) is 17.2 Å². The van der Waals surface area contributed by atoms with Gasteiger partial charge < -0.3 is 20.3 Å². The first-order chi connectivity index (χ1) is 11.7. The molecule has 1 aliphatic heterocycles. The average molecular weight is 367 g/mol. The van der Waals surface area contributed by atoms with Gasteiger partial charge in [0.15, 0.2) is 0 Å². The van der Waals surface area contributed by atoms with Gasteiger partial charge in [-0.1, -0.05) is 6.08 Å². The van der Waals surface area contributed by atoms with Crippen LogP contribution in [0.2, 0.25) is 0 Å². The first-order valence-electron chi connectivity index (χ1n) is 8.89. The predicted molar refractivity (Wildman–Crippen MR) is 101 cm³/mol. The van der Waals surface area contributed by atoms with E-state index in [9.17, 15) is 14.4 Å². The van der Waals surface area contributed by atoms with Crippen molar-refractivity contribution in [3.05, 3.63) is 12.7 Å². The van der Waals surface area contributed by atoms with Gasteiger partial charge in [-0.05, 0) is 53.9 Å². The van der Waals surface area contributed by atoms with Crippen molar-refractivity contribution in [1.82, 2.24) is 15.5 Å². The summed E-state index contributed by atoms with van der Waals surface area (Å²) < 4.78 is 5.46. The van der Waals surface area contributed by atoms with Gasteiger partial charge in [0, 0.05) is 19.0 Å². The quantitative estimate of drug-likeness (QED) is 0.749. The molecule has 148 valence electrons. The van der Waals surface area contributed by atoms with Crippen LogP contribution >= 0.6 is 0 Å². The topological polar surface area (TPSA) is 87.7 Å². The van der Waals surface area contributed by atoms with Crippen LogP contribution in [0.5, 0.6) is 0 Å². The smallest absolute Gasteiger partial charge is 0.410 e. The van der Waals surface area contributed by atoms with E-state index in [0.29, 0.717) is 13.0 Å². The molecule has 0 aromatic rings. The van der Waals surface area contributed by atoms with Crippen molar-refractivity contribution >= 4 is 17.9 Å². The summed E-state index contributed by atoms with van der Waals surface area (Å²) >= 11 is 0. The zero-order valence-corrected chi connectivity index (χ0v) is 17.1. The summed E-state index contributed by atoms with van der Waals surface area (Å²) in [5, 5.41) is 5.70. The maximum Gasteiger partial charge on any atom is 0.410 e. The summed E-state index contributed by atoms with van der Waals surface area (Å²) in [5.41, 5.74) is -2.35. The van der Waals surface area contributed by atoms with E-state index < -0.39 is 22.8 Å². The van der Waals surface area contributed by atoms with Gasteiger partial charge in [0.2, 0.25) is 11.8 Å². The molecule has 7 nitrogen and oxygen atoms in total. The maximum absolute atomic E-state index is 13.0. The summed E-state index contributed by atoms with van der Waals surface area (Å²) in [5.74, 6) is -0.794. The van der Waals surface area contributed by atoms with Gasteiger partial charge in [0.1, 0.15) is 11.1 Å². The minimum atomic E-state index is -1.23. The van der Waals surface area contributed by atoms with E-state index in [1.54, 1.807) is 26.8 Å². The first-order valence-corrected chi connectivity index (χ1v) is 8.89. The largest absolute Gasteiger partial charge is 0.444 e. The van der Waals surface area contributed by atoms with Crippen molar-refractivity contribution in [2.24, 2.45) is 5.92 Å². The summed E-state index contributed by atoms with van der Waals surface area (Å²) in [6.45, 7) is 16.6. The van der Waals surface area contributed by atoms with Crippen molar-refractivity contribution in [3.63, 3.8) is 0 Å². The Kier molecular flexibility index (Phi) is 6.49. The third-order valence-electron chi connectivity index (χ3n) is 3.85. The minimum Gasteiger partial charge on any atom is -0.444 e. The summed E-state index contributed by atoms with van der Waals surface area (Å²) in [6, 6.07) is 0. The molecule has 0 unspecified atom stereocenters. The fraction of sp³-hybridized carbons (Fsp3) is 0.737. The third-order valence-corrected chi connectivity index (χ3v) is 3.85. The van der Waals surface area contributed by atoms with E-state index in [1.807, 2.05) is 20.8 Å². The SMILES string of the molecule is C=C[C@H]1CN(C(=O)OC(C)(C)C)C[C@](NC(C)=O)(C(=O)NC(C)(C)C)C1. The molecule has 0 aliphatic carbocycles. The Bertz CT molecular complexity index is 574. The Morgan fingerprint density at radius 3 is 2.19 bits per heavy atom. The van der Waals surface area contributed by atoms with Crippen LogP contribution in [0, 0.1) is 5.92 Å². The highest BCUT2D eigenvalue weighted by molar-refractivity contribution is 5.92. The second kappa shape index (κ2) is 7.68. The Morgan fingerprint density at radius 2 is 1.77 bits per heavy atom. The van der Waals surface area contributed by atoms with Crippen LogP contribution in [0.1, 0.15) is 54.9 Å². The Hall–Kier alpha value is -2.05. The molecule has 2 N–H and O–H groups in total. The van der Waals surface area contributed by atoms with Crippen molar-refractivity contribution in [1.29, 1.82) is 0 Å². The number of rotatable bonds is 3. The molecule has 1 saturated heterocycles. The van der Waals surface area contributed by atoms with Crippen LogP contribution in [0.15, 0.2) is 12.7 Å². The first kappa shape index (κ1) is 22.0. The highest BCUT2D eigenvalue weighted by atomic mass is 16.6. The number of likely N-dealkylation sites (tertiary alicyclic amines) is 1. The molecule has 1 aliphatic rings. The zero-order valence-electron chi connectivity index (χ0n) is 17.1. The molecule has 1 rings (SSSR count). The minimum absolute atomic E-state index is 0.0494. The van der Waals surface area contributed by atoms with Crippen LogP contribution < -0.4 is 10.6 Å². The maximum atomic E-state index is 13.0. The average Bonchev–Trinajstić information content (AvgIpc) is 2.42. The van der Waals surface area contributed by atoms with Crippen molar-refractivity contribution in [3.8, 4) is 0 Å². The van der Waals surface area contributed by atoms with Crippen LogP contribution in [0.3, 0.4) is 0 Å². The van der Waals surface area contributed by atoms with E-state index in [4.69, 9.17) is 4.74 Å². The van der Waals surface area contributed by atoms with Crippen molar-refractivity contribution < 1.29 is 19.1 Å². The Balaban J connectivity index is 3.21. The molecule has 0 aromatic heterocycles. The zero-order chi connectivity index (χ0) is 20.3. The second-order valence-corrected chi connectivity index (χ2v) is 9.03. The Labute approximate surface area is 156 Å². The molecule has 0 radical (unpaired) electrons. The van der Waals surface area contributed by atoms with Gasteiger partial charge in [0.05, 0.1) is 6.54 Å². The van der Waals surface area contributed by atoms with E-state index in [1.165, 1.54) is 11.8 Å². The lowest BCUT2D eigenvalue weighted by Crippen LogP contribution is -2.69. The lowest BCUT2D eigenvalue weighted by atomic mass is 9.81. The molecule has 3 amide bonds. The predicted octanol–water partition coefficient (Wildman–Crippen LogP) is 2.22. The molecule has 0 bridgehead atoms. The standard InChI is InChI=1S/C19H33N3O4/c1-9-14-10-19(20-13(2)23,15(24)21-17(3,4)5)12-22(11-14)16(25)26-18(6,7)8/h9,14H,1,10-12H2,2-8H3,(H,20,23)(H,21,24)/t14-,19+/m1/s1. The molecule has 26 heavy (non-hydrogen) atoms. The molecule has 2 atom stereocenters. The lowest BCUT2D eigenvalue weighted by Gasteiger charge is -2.45. The molecule has 0 saturated carbocycles. The highest BCUT2D eigenvalue weighted by Gasteiger charge is 2.48. The van der Waals surface area contributed by atoms with Crippen molar-refractivity contribution in [2.45, 2.75) is 71.6 Å². The van der Waals surface area contributed by atoms with Crippen LogP contribution in [-0.4, -0.2) is 52.6 Å². The molecular weight excluding hydrogens is 334 g/mol. The summed E-state index contributed by atoms with van der Waals surface area (Å²) in [6.07, 6.45) is 1.57. The van der Waals surface area contributed by atoms with Gasteiger partial charge in [-0.25, -0.2) is 4.79 Å². The molecule has 1 heterocycles. The van der Waals surface area contributed by atoms with Gasteiger partial charge in [-0.15, -0.1) is 6.58 Å². The van der Waals surface area contributed by atoms with E-state index >= 15 is 0 Å². The van der Waals surface area contributed by atoms with Crippen LogP contribution in [-0.2, 0) is 14.3 Å². The summed E-state index contributed by atoms with van der Waals surface area (Å²) in [7, 11) is 0. The molecule has 7 heteroatoms. The number of carbonyl (C=O) groups is 3. The fourth-order valence-electron chi connectivity index (χ4n) is 2.98. The monoisotopic (exact) mass is 367 g/mol. The Morgan fingerprint density at radius 1 is 1.19 bits per heavy atom. The molecular formula is C19H33N3O4. The van der Waals surface area contributed by atoms with Crippen LogP contribution in [0.25, 0.3) is 0 Å². The second-order valence-electron chi connectivity index (χ2n) is 9.03. The van der Waals surface area contributed by atoms with Gasteiger partial charge in [0.25, 0.3) is 0 Å².